The molecule has 0 atom stereocenters. The fraction of sp³-hybridized carbons (Fsp3) is 0.417. The van der Waals surface area contributed by atoms with Crippen molar-refractivity contribution in [3.05, 3.63) is 29.8 Å². The van der Waals surface area contributed by atoms with Crippen LogP contribution in [0.1, 0.15) is 18.9 Å². The Bertz CT molecular complexity index is 523. The first-order chi connectivity index (χ1) is 8.99. The molecule has 0 unspecified atom stereocenters. The minimum atomic E-state index is -3.38. The number of nitrogens with zero attached hydrogens (tertiary/aromatic N) is 1. The Morgan fingerprint density at radius 2 is 1.95 bits per heavy atom. The summed E-state index contributed by atoms with van der Waals surface area (Å²) in [5, 5.41) is 2.97. The summed E-state index contributed by atoms with van der Waals surface area (Å²) in [5.41, 5.74) is 6.56. The molecule has 1 rings (SSSR count). The summed E-state index contributed by atoms with van der Waals surface area (Å²) in [4.78, 5) is 4.40. The van der Waals surface area contributed by atoms with Gasteiger partial charge in [0.05, 0.1) is 11.4 Å². The predicted octanol–water partition coefficient (Wildman–Crippen LogP) is 0.409. The highest BCUT2D eigenvalue weighted by atomic mass is 32.2. The van der Waals surface area contributed by atoms with Crippen molar-refractivity contribution in [3.63, 3.8) is 0 Å². The molecule has 19 heavy (non-hydrogen) atoms. The highest BCUT2D eigenvalue weighted by Gasteiger charge is 2.09. The molecule has 1 aromatic rings. The molecular weight excluding hydrogens is 264 g/mol. The lowest BCUT2D eigenvalue weighted by molar-refractivity contribution is 0.588. The van der Waals surface area contributed by atoms with Crippen molar-refractivity contribution in [2.24, 2.45) is 10.7 Å². The number of guanidine groups is 1. The number of hydrogen-bond acceptors (Lipinski definition) is 3. The van der Waals surface area contributed by atoms with Crippen LogP contribution >= 0.6 is 0 Å². The SMILES string of the molecule is CCCNC(N)=NCc1ccc(S(=O)(=O)NC)cc1. The Balaban J connectivity index is 2.68. The highest BCUT2D eigenvalue weighted by Crippen LogP contribution is 2.10. The van der Waals surface area contributed by atoms with Gasteiger partial charge in [-0.15, -0.1) is 0 Å². The second-order valence-electron chi connectivity index (χ2n) is 3.98. The molecule has 0 aliphatic rings. The number of nitrogens with two attached hydrogens (primary N) is 1. The van der Waals surface area contributed by atoms with Crippen LogP contribution < -0.4 is 15.8 Å². The topological polar surface area (TPSA) is 96.6 Å². The molecule has 0 saturated heterocycles. The van der Waals surface area contributed by atoms with Crippen LogP contribution in [-0.4, -0.2) is 28.0 Å². The largest absolute Gasteiger partial charge is 0.370 e. The van der Waals surface area contributed by atoms with Gasteiger partial charge in [0.15, 0.2) is 5.96 Å². The third-order valence-electron chi connectivity index (χ3n) is 2.49. The predicted molar refractivity (Wildman–Crippen MR) is 76.3 cm³/mol. The van der Waals surface area contributed by atoms with Gasteiger partial charge in [0, 0.05) is 6.54 Å². The van der Waals surface area contributed by atoms with Crippen molar-refractivity contribution in [1.29, 1.82) is 0 Å². The quantitative estimate of drug-likeness (QED) is 0.520. The Labute approximate surface area is 114 Å². The van der Waals surface area contributed by atoms with Gasteiger partial charge in [-0.2, -0.15) is 0 Å². The van der Waals surface area contributed by atoms with E-state index >= 15 is 0 Å². The molecule has 1 aromatic carbocycles. The average molecular weight is 284 g/mol. The van der Waals surface area contributed by atoms with Crippen LogP contribution in [0, 0.1) is 0 Å². The van der Waals surface area contributed by atoms with Gasteiger partial charge in [0.25, 0.3) is 0 Å². The molecule has 7 heteroatoms. The molecule has 106 valence electrons. The van der Waals surface area contributed by atoms with Crippen LogP contribution in [0.15, 0.2) is 34.2 Å². The molecule has 0 amide bonds. The van der Waals surface area contributed by atoms with E-state index in [4.69, 9.17) is 5.73 Å². The van der Waals surface area contributed by atoms with Crippen LogP contribution in [0.2, 0.25) is 0 Å². The van der Waals surface area contributed by atoms with Crippen LogP contribution in [0.25, 0.3) is 0 Å². The first kappa shape index (κ1) is 15.5. The maximum absolute atomic E-state index is 11.5. The summed E-state index contributed by atoms with van der Waals surface area (Å²) < 4.78 is 25.3. The smallest absolute Gasteiger partial charge is 0.240 e. The van der Waals surface area contributed by atoms with E-state index in [0.29, 0.717) is 12.5 Å². The molecule has 6 nitrogen and oxygen atoms in total. The molecule has 0 bridgehead atoms. The van der Waals surface area contributed by atoms with Gasteiger partial charge < -0.3 is 11.1 Å². The summed E-state index contributed by atoms with van der Waals surface area (Å²) in [6.45, 7) is 3.25. The third-order valence-corrected chi connectivity index (χ3v) is 3.92. The van der Waals surface area contributed by atoms with Gasteiger partial charge in [0.1, 0.15) is 0 Å². The number of benzene rings is 1. The lowest BCUT2D eigenvalue weighted by Crippen LogP contribution is -2.32. The van der Waals surface area contributed by atoms with E-state index in [1.807, 2.05) is 6.92 Å². The summed E-state index contributed by atoms with van der Waals surface area (Å²) in [6, 6.07) is 6.54. The second-order valence-corrected chi connectivity index (χ2v) is 5.87. The van der Waals surface area contributed by atoms with Crippen LogP contribution in [0.3, 0.4) is 0 Å². The normalized spacial score (nSPS) is 12.4. The average Bonchev–Trinajstić information content (AvgIpc) is 2.43. The Morgan fingerprint density at radius 1 is 1.32 bits per heavy atom. The minimum Gasteiger partial charge on any atom is -0.370 e. The molecule has 4 N–H and O–H groups in total. The summed E-state index contributed by atoms with van der Waals surface area (Å²) in [6.07, 6.45) is 0.979. The molecular formula is C12H20N4O2S. The van der Waals surface area contributed by atoms with Crippen LogP contribution in [-0.2, 0) is 16.6 Å². The minimum absolute atomic E-state index is 0.236. The molecule has 0 spiro atoms. The standard InChI is InChI=1S/C12H20N4O2S/c1-3-8-15-12(13)16-9-10-4-6-11(7-5-10)19(17,18)14-2/h4-7,14H,3,8-9H2,1-2H3,(H3,13,15,16). The van der Waals surface area contributed by atoms with Crippen molar-refractivity contribution in [1.82, 2.24) is 10.0 Å². The van der Waals surface area contributed by atoms with E-state index in [-0.39, 0.29) is 4.90 Å². The lowest BCUT2D eigenvalue weighted by Gasteiger charge is -2.05. The zero-order valence-corrected chi connectivity index (χ0v) is 12.0. The zero-order chi connectivity index (χ0) is 14.3. The third kappa shape index (κ3) is 4.88. The molecule has 0 saturated carbocycles. The number of sulfonamides is 1. The molecule has 0 fully saturated rings. The Kier molecular flexibility index (Phi) is 5.78. The van der Waals surface area contributed by atoms with Crippen molar-refractivity contribution >= 4 is 16.0 Å². The molecule has 0 aliphatic carbocycles. The number of aliphatic imine (C=N–C) groups is 1. The number of rotatable bonds is 6. The second kappa shape index (κ2) is 7.10. The molecule has 0 aromatic heterocycles. The van der Waals surface area contributed by atoms with Crippen molar-refractivity contribution < 1.29 is 8.42 Å². The van der Waals surface area contributed by atoms with E-state index in [2.05, 4.69) is 15.0 Å². The molecule has 0 aliphatic heterocycles. The molecule has 0 radical (unpaired) electrons. The van der Waals surface area contributed by atoms with E-state index < -0.39 is 10.0 Å². The maximum Gasteiger partial charge on any atom is 0.240 e. The van der Waals surface area contributed by atoms with Gasteiger partial charge in [-0.05, 0) is 31.2 Å². The number of hydrogen-bond donors (Lipinski definition) is 3. The van der Waals surface area contributed by atoms with E-state index in [1.165, 1.54) is 7.05 Å². The monoisotopic (exact) mass is 284 g/mol. The van der Waals surface area contributed by atoms with Gasteiger partial charge in [-0.3, -0.25) is 0 Å². The van der Waals surface area contributed by atoms with Crippen molar-refractivity contribution in [2.45, 2.75) is 24.8 Å². The van der Waals surface area contributed by atoms with Crippen molar-refractivity contribution in [2.75, 3.05) is 13.6 Å². The van der Waals surface area contributed by atoms with Crippen LogP contribution in [0.5, 0.6) is 0 Å². The van der Waals surface area contributed by atoms with Gasteiger partial charge in [-0.1, -0.05) is 19.1 Å². The first-order valence-corrected chi connectivity index (χ1v) is 7.54. The van der Waals surface area contributed by atoms with Gasteiger partial charge in [-0.25, -0.2) is 18.1 Å². The first-order valence-electron chi connectivity index (χ1n) is 6.06. The Hall–Kier alpha value is -1.60. The lowest BCUT2D eigenvalue weighted by atomic mass is 10.2. The molecule has 0 heterocycles. The highest BCUT2D eigenvalue weighted by molar-refractivity contribution is 7.89. The number of nitrogens with one attached hydrogen (secondary N) is 2. The summed E-state index contributed by atoms with van der Waals surface area (Å²) in [7, 11) is -2.00. The fourth-order valence-corrected chi connectivity index (χ4v) is 2.11. The maximum atomic E-state index is 11.5. The summed E-state index contributed by atoms with van der Waals surface area (Å²) in [5.74, 6) is 0.397. The van der Waals surface area contributed by atoms with E-state index in [9.17, 15) is 8.42 Å². The fourth-order valence-electron chi connectivity index (χ4n) is 1.38. The van der Waals surface area contributed by atoms with Gasteiger partial charge in [0.2, 0.25) is 10.0 Å². The van der Waals surface area contributed by atoms with Crippen LogP contribution in [0.4, 0.5) is 0 Å². The zero-order valence-electron chi connectivity index (χ0n) is 11.2. The van der Waals surface area contributed by atoms with E-state index in [0.717, 1.165) is 18.5 Å². The van der Waals surface area contributed by atoms with Gasteiger partial charge >= 0.3 is 0 Å². The Morgan fingerprint density at radius 3 is 2.47 bits per heavy atom. The van der Waals surface area contributed by atoms with E-state index in [1.54, 1.807) is 24.3 Å². The summed E-state index contributed by atoms with van der Waals surface area (Å²) >= 11 is 0. The van der Waals surface area contributed by atoms with Crippen molar-refractivity contribution in [3.8, 4) is 0 Å².